The first kappa shape index (κ1) is 21.4. The third-order valence-electron chi connectivity index (χ3n) is 4.04. The Balaban J connectivity index is 1.69. The number of benzene rings is 2. The van der Waals surface area contributed by atoms with E-state index in [0.29, 0.717) is 32.9 Å². The lowest BCUT2D eigenvalue weighted by Gasteiger charge is -2.14. The minimum absolute atomic E-state index is 0.115. The van der Waals surface area contributed by atoms with Gasteiger partial charge < -0.3 is 14.2 Å². The van der Waals surface area contributed by atoms with Gasteiger partial charge in [-0.3, -0.25) is 14.5 Å². The Morgan fingerprint density at radius 1 is 1.03 bits per heavy atom. The largest absolute Gasteiger partial charge is 0.494 e. The van der Waals surface area contributed by atoms with E-state index in [1.54, 1.807) is 37.5 Å². The predicted molar refractivity (Wildman–Crippen MR) is 114 cm³/mol. The lowest BCUT2D eigenvalue weighted by molar-refractivity contribution is -0.123. The molecule has 0 unspecified atom stereocenters. The lowest BCUT2D eigenvalue weighted by Crippen LogP contribution is -2.32. The molecule has 1 aliphatic rings. The van der Waals surface area contributed by atoms with Crippen LogP contribution in [0.5, 0.6) is 17.2 Å². The summed E-state index contributed by atoms with van der Waals surface area (Å²) in [5.74, 6) is 1.08. The zero-order valence-electron chi connectivity index (χ0n) is 15.6. The molecule has 152 valence electrons. The van der Waals surface area contributed by atoms with E-state index < -0.39 is 5.91 Å². The molecular formula is C20H17Cl2NO5S. The van der Waals surface area contributed by atoms with Crippen LogP contribution in [0.2, 0.25) is 10.0 Å². The van der Waals surface area contributed by atoms with Crippen LogP contribution >= 0.6 is 35.0 Å². The molecule has 0 saturated carbocycles. The van der Waals surface area contributed by atoms with E-state index in [2.05, 4.69) is 0 Å². The molecule has 1 fully saturated rings. The Hall–Kier alpha value is -2.35. The molecule has 1 aliphatic heterocycles. The van der Waals surface area contributed by atoms with Crippen molar-refractivity contribution >= 4 is 52.2 Å². The molecule has 2 amide bonds. The highest BCUT2D eigenvalue weighted by Gasteiger charge is 2.34. The van der Waals surface area contributed by atoms with E-state index in [-0.39, 0.29) is 23.3 Å². The van der Waals surface area contributed by atoms with Gasteiger partial charge in [-0.15, -0.1) is 0 Å². The fourth-order valence-electron chi connectivity index (χ4n) is 2.69. The van der Waals surface area contributed by atoms with Crippen molar-refractivity contribution in [1.29, 1.82) is 0 Å². The van der Waals surface area contributed by atoms with Crippen LogP contribution in [0, 0.1) is 0 Å². The van der Waals surface area contributed by atoms with Crippen LogP contribution < -0.4 is 14.2 Å². The molecule has 0 radical (unpaired) electrons. The SMILES string of the molecule is COc1ccccc1OCCN1C(=O)S/C(=C\c2cc(Cl)c(OC)c(Cl)c2)C1=O. The second kappa shape index (κ2) is 9.43. The predicted octanol–water partition coefficient (Wildman–Crippen LogP) is 5.13. The summed E-state index contributed by atoms with van der Waals surface area (Å²) in [4.78, 5) is 26.3. The molecule has 6 nitrogen and oxygen atoms in total. The van der Waals surface area contributed by atoms with E-state index >= 15 is 0 Å². The van der Waals surface area contributed by atoms with Crippen molar-refractivity contribution in [2.75, 3.05) is 27.4 Å². The number of hydrogen-bond acceptors (Lipinski definition) is 6. The maximum atomic E-state index is 12.6. The molecule has 0 N–H and O–H groups in total. The highest BCUT2D eigenvalue weighted by molar-refractivity contribution is 8.18. The molecule has 9 heteroatoms. The Labute approximate surface area is 182 Å². The number of hydrogen-bond donors (Lipinski definition) is 0. The van der Waals surface area contributed by atoms with Gasteiger partial charge in [0.2, 0.25) is 0 Å². The molecule has 0 bridgehead atoms. The fourth-order valence-corrected chi connectivity index (χ4v) is 4.21. The van der Waals surface area contributed by atoms with Crippen LogP contribution in [0.15, 0.2) is 41.3 Å². The topological polar surface area (TPSA) is 65.1 Å². The average molecular weight is 454 g/mol. The van der Waals surface area contributed by atoms with Crippen LogP contribution in [0.1, 0.15) is 5.56 Å². The van der Waals surface area contributed by atoms with Crippen LogP contribution in [0.25, 0.3) is 6.08 Å². The van der Waals surface area contributed by atoms with Crippen LogP contribution in [0.3, 0.4) is 0 Å². The third kappa shape index (κ3) is 4.80. The number of nitrogens with zero attached hydrogens (tertiary/aromatic N) is 1. The minimum atomic E-state index is -0.397. The van der Waals surface area contributed by atoms with Crippen molar-refractivity contribution in [3.63, 3.8) is 0 Å². The second-order valence-corrected chi connectivity index (χ2v) is 7.66. The van der Waals surface area contributed by atoms with Gasteiger partial charge in [-0.1, -0.05) is 35.3 Å². The van der Waals surface area contributed by atoms with E-state index in [1.807, 2.05) is 12.1 Å². The van der Waals surface area contributed by atoms with E-state index in [0.717, 1.165) is 16.7 Å². The Bertz CT molecular complexity index is 956. The highest BCUT2D eigenvalue weighted by Crippen LogP contribution is 2.37. The van der Waals surface area contributed by atoms with Crippen LogP contribution in [-0.4, -0.2) is 43.4 Å². The van der Waals surface area contributed by atoms with Crippen molar-refractivity contribution in [2.24, 2.45) is 0 Å². The van der Waals surface area contributed by atoms with Gasteiger partial charge >= 0.3 is 0 Å². The van der Waals surface area contributed by atoms with Crippen LogP contribution in [-0.2, 0) is 4.79 Å². The fraction of sp³-hybridized carbons (Fsp3) is 0.200. The smallest absolute Gasteiger partial charge is 0.293 e. The monoisotopic (exact) mass is 453 g/mol. The summed E-state index contributed by atoms with van der Waals surface area (Å²) in [5, 5.41) is 0.266. The average Bonchev–Trinajstić information content (AvgIpc) is 2.95. The first-order valence-corrected chi connectivity index (χ1v) is 10.1. The minimum Gasteiger partial charge on any atom is -0.494 e. The Morgan fingerprint density at radius 3 is 2.31 bits per heavy atom. The number of thioether (sulfide) groups is 1. The summed E-state index contributed by atoms with van der Waals surface area (Å²) in [7, 11) is 3.01. The van der Waals surface area contributed by atoms with Gasteiger partial charge in [0.1, 0.15) is 6.61 Å². The summed E-state index contributed by atoms with van der Waals surface area (Å²) < 4.78 is 16.0. The van der Waals surface area contributed by atoms with Gasteiger partial charge in [0.15, 0.2) is 17.2 Å². The zero-order chi connectivity index (χ0) is 21.0. The summed E-state index contributed by atoms with van der Waals surface area (Å²) in [6, 6.07) is 10.4. The molecular weight excluding hydrogens is 437 g/mol. The van der Waals surface area contributed by atoms with Gasteiger partial charge in [0.25, 0.3) is 11.1 Å². The summed E-state index contributed by atoms with van der Waals surface area (Å²) in [6.45, 7) is 0.260. The molecule has 1 saturated heterocycles. The number of amides is 2. The van der Waals surface area contributed by atoms with Gasteiger partial charge in [0, 0.05) is 0 Å². The Morgan fingerprint density at radius 2 is 1.69 bits per heavy atom. The molecule has 0 spiro atoms. The van der Waals surface area contributed by atoms with E-state index in [1.165, 1.54) is 7.11 Å². The summed E-state index contributed by atoms with van der Waals surface area (Å²) in [5.41, 5.74) is 0.594. The van der Waals surface area contributed by atoms with E-state index in [9.17, 15) is 9.59 Å². The van der Waals surface area contributed by atoms with Crippen molar-refractivity contribution in [3.05, 3.63) is 56.9 Å². The first-order valence-electron chi connectivity index (χ1n) is 8.48. The van der Waals surface area contributed by atoms with Gasteiger partial charge in [0.05, 0.1) is 35.7 Å². The van der Waals surface area contributed by atoms with Crippen molar-refractivity contribution in [1.82, 2.24) is 4.90 Å². The first-order chi connectivity index (χ1) is 13.9. The van der Waals surface area contributed by atoms with Crippen molar-refractivity contribution in [3.8, 4) is 17.2 Å². The maximum absolute atomic E-state index is 12.6. The molecule has 1 heterocycles. The number of halogens is 2. The second-order valence-electron chi connectivity index (χ2n) is 5.85. The molecule has 2 aromatic rings. The Kier molecular flexibility index (Phi) is 6.95. The molecule has 29 heavy (non-hydrogen) atoms. The quantitative estimate of drug-likeness (QED) is 0.541. The maximum Gasteiger partial charge on any atom is 0.293 e. The zero-order valence-corrected chi connectivity index (χ0v) is 17.9. The molecule has 0 aliphatic carbocycles. The number of para-hydroxylation sites is 2. The number of carbonyl (C=O) groups is 2. The third-order valence-corrected chi connectivity index (χ3v) is 5.51. The highest BCUT2D eigenvalue weighted by atomic mass is 35.5. The molecule has 3 rings (SSSR count). The standard InChI is InChI=1S/C20H17Cl2NO5S/c1-26-15-5-3-4-6-16(15)28-8-7-23-19(24)17(29-20(23)25)11-12-9-13(21)18(27-2)14(22)10-12/h3-6,9-11H,7-8H2,1-2H3/b17-11-. The van der Waals surface area contributed by atoms with Crippen molar-refractivity contribution in [2.45, 2.75) is 0 Å². The number of imide groups is 1. The number of rotatable bonds is 7. The van der Waals surface area contributed by atoms with Gasteiger partial charge in [-0.2, -0.15) is 0 Å². The molecule has 0 atom stereocenters. The van der Waals surface area contributed by atoms with E-state index in [4.69, 9.17) is 37.4 Å². The summed E-state index contributed by atoms with van der Waals surface area (Å²) >= 11 is 13.1. The lowest BCUT2D eigenvalue weighted by atomic mass is 10.2. The molecule has 2 aromatic carbocycles. The molecule has 0 aromatic heterocycles. The summed E-state index contributed by atoms with van der Waals surface area (Å²) in [6.07, 6.45) is 1.57. The van der Waals surface area contributed by atoms with Gasteiger partial charge in [-0.05, 0) is 47.7 Å². The number of ether oxygens (including phenoxy) is 3. The number of carbonyl (C=O) groups excluding carboxylic acids is 2. The van der Waals surface area contributed by atoms with Crippen LogP contribution in [0.4, 0.5) is 4.79 Å². The van der Waals surface area contributed by atoms with Crippen molar-refractivity contribution < 1.29 is 23.8 Å². The number of methoxy groups -OCH3 is 2. The normalized spacial score (nSPS) is 15.2. The van der Waals surface area contributed by atoms with Gasteiger partial charge in [-0.25, -0.2) is 0 Å².